The second-order valence-electron chi connectivity index (χ2n) is 4.42. The number of hydrogen-bond donors (Lipinski definition) is 1. The number of rotatable bonds is 4. The van der Waals surface area contributed by atoms with Crippen LogP contribution >= 0.6 is 27.5 Å². The van der Waals surface area contributed by atoms with E-state index in [1.54, 1.807) is 12.1 Å². The highest BCUT2D eigenvalue weighted by Gasteiger charge is 2.26. The Bertz CT molecular complexity index is 514. The van der Waals surface area contributed by atoms with Crippen molar-refractivity contribution in [2.45, 2.75) is 37.6 Å². The summed E-state index contributed by atoms with van der Waals surface area (Å²) in [5, 5.41) is 0.207. The second kappa shape index (κ2) is 5.26. The fourth-order valence-corrected chi connectivity index (χ4v) is 3.71. The van der Waals surface area contributed by atoms with Crippen molar-refractivity contribution in [1.82, 2.24) is 4.72 Å². The van der Waals surface area contributed by atoms with Crippen molar-refractivity contribution in [3.8, 4) is 0 Å². The van der Waals surface area contributed by atoms with Crippen LogP contribution in [0.1, 0.15) is 27.2 Å². The molecule has 1 N–H and O–H groups in total. The Morgan fingerprint density at radius 3 is 2.47 bits per heavy atom. The number of sulfonamides is 1. The average molecular weight is 341 g/mol. The van der Waals surface area contributed by atoms with Gasteiger partial charge >= 0.3 is 0 Å². The van der Waals surface area contributed by atoms with Crippen LogP contribution in [0.25, 0.3) is 0 Å². The van der Waals surface area contributed by atoms with Crippen molar-refractivity contribution in [3.05, 3.63) is 27.7 Å². The Balaban J connectivity index is 3.14. The van der Waals surface area contributed by atoms with E-state index in [4.69, 9.17) is 11.6 Å². The molecule has 0 saturated heterocycles. The summed E-state index contributed by atoms with van der Waals surface area (Å²) in [6.45, 7) is 5.58. The molecule has 1 rings (SSSR count). The molecule has 0 radical (unpaired) electrons. The van der Waals surface area contributed by atoms with E-state index in [1.165, 1.54) is 6.07 Å². The van der Waals surface area contributed by atoms with Gasteiger partial charge in [0.2, 0.25) is 10.0 Å². The van der Waals surface area contributed by atoms with Crippen LogP contribution in [0.2, 0.25) is 5.02 Å². The second-order valence-corrected chi connectivity index (χ2v) is 7.39. The minimum atomic E-state index is -3.58. The zero-order valence-corrected chi connectivity index (χ0v) is 13.1. The lowest BCUT2D eigenvalue weighted by atomic mass is 10.0. The van der Waals surface area contributed by atoms with Gasteiger partial charge in [-0.05, 0) is 38.5 Å². The van der Waals surface area contributed by atoms with Crippen molar-refractivity contribution in [2.24, 2.45) is 0 Å². The number of nitrogens with one attached hydrogen (secondary N) is 1. The van der Waals surface area contributed by atoms with Crippen molar-refractivity contribution < 1.29 is 8.42 Å². The van der Waals surface area contributed by atoms with Crippen LogP contribution < -0.4 is 4.72 Å². The maximum absolute atomic E-state index is 12.1. The van der Waals surface area contributed by atoms with E-state index in [2.05, 4.69) is 20.7 Å². The van der Waals surface area contributed by atoms with Gasteiger partial charge in [0.05, 0.1) is 5.02 Å². The van der Waals surface area contributed by atoms with E-state index in [9.17, 15) is 8.42 Å². The van der Waals surface area contributed by atoms with E-state index in [-0.39, 0.29) is 9.92 Å². The highest BCUT2D eigenvalue weighted by atomic mass is 79.9. The summed E-state index contributed by atoms with van der Waals surface area (Å²) < 4.78 is 27.6. The van der Waals surface area contributed by atoms with Gasteiger partial charge in [0, 0.05) is 10.0 Å². The molecule has 3 nitrogen and oxygen atoms in total. The Labute approximate surface area is 116 Å². The van der Waals surface area contributed by atoms with Crippen molar-refractivity contribution >= 4 is 37.6 Å². The molecule has 6 heteroatoms. The molecule has 0 amide bonds. The minimum Gasteiger partial charge on any atom is -0.207 e. The zero-order valence-electron chi connectivity index (χ0n) is 9.92. The first-order valence-electron chi connectivity index (χ1n) is 5.17. The van der Waals surface area contributed by atoms with Gasteiger partial charge in [-0.2, -0.15) is 0 Å². The van der Waals surface area contributed by atoms with Gasteiger partial charge in [0.15, 0.2) is 0 Å². The number of halogens is 2. The van der Waals surface area contributed by atoms with E-state index in [0.717, 1.165) is 4.47 Å². The van der Waals surface area contributed by atoms with Crippen LogP contribution in [0.4, 0.5) is 0 Å². The normalized spacial score (nSPS) is 12.8. The monoisotopic (exact) mass is 339 g/mol. The Kier molecular flexibility index (Phi) is 4.63. The van der Waals surface area contributed by atoms with Gasteiger partial charge in [0.25, 0.3) is 0 Å². The standard InChI is InChI=1S/C11H15BrClNO2S/c1-4-11(2,3)14-17(15,16)10-6-5-8(12)7-9(10)13/h5-7,14H,4H2,1-3H3. The van der Waals surface area contributed by atoms with Crippen LogP contribution in [0, 0.1) is 0 Å². The van der Waals surface area contributed by atoms with Crippen LogP contribution in [0.15, 0.2) is 27.6 Å². The van der Waals surface area contributed by atoms with E-state index < -0.39 is 15.6 Å². The largest absolute Gasteiger partial charge is 0.242 e. The first-order valence-corrected chi connectivity index (χ1v) is 7.82. The lowest BCUT2D eigenvalue weighted by Crippen LogP contribution is -2.42. The van der Waals surface area contributed by atoms with Gasteiger partial charge in [0.1, 0.15) is 4.90 Å². The van der Waals surface area contributed by atoms with Crippen molar-refractivity contribution in [3.63, 3.8) is 0 Å². The first kappa shape index (κ1) is 15.0. The fraction of sp³-hybridized carbons (Fsp3) is 0.455. The first-order chi connectivity index (χ1) is 7.68. The Morgan fingerprint density at radius 2 is 2.00 bits per heavy atom. The summed E-state index contributed by atoms with van der Waals surface area (Å²) >= 11 is 9.18. The third kappa shape index (κ3) is 3.95. The average Bonchev–Trinajstić information content (AvgIpc) is 2.15. The van der Waals surface area contributed by atoms with E-state index in [1.807, 2.05) is 20.8 Å². The molecule has 0 bridgehead atoms. The molecule has 1 aromatic carbocycles. The smallest absolute Gasteiger partial charge is 0.207 e. The Hall–Kier alpha value is -0.100. The lowest BCUT2D eigenvalue weighted by Gasteiger charge is -2.24. The SMILES string of the molecule is CCC(C)(C)NS(=O)(=O)c1ccc(Br)cc1Cl. The molecule has 0 unspecified atom stereocenters. The molecule has 17 heavy (non-hydrogen) atoms. The molecule has 0 fully saturated rings. The van der Waals surface area contributed by atoms with E-state index in [0.29, 0.717) is 6.42 Å². The molecule has 0 aliphatic carbocycles. The third-order valence-corrected chi connectivity index (χ3v) is 5.15. The lowest BCUT2D eigenvalue weighted by molar-refractivity contribution is 0.439. The molecular formula is C11H15BrClNO2S. The van der Waals surface area contributed by atoms with Gasteiger partial charge in [-0.1, -0.05) is 34.5 Å². The maximum atomic E-state index is 12.1. The summed E-state index contributed by atoms with van der Waals surface area (Å²) in [7, 11) is -3.58. The molecule has 0 aliphatic heterocycles. The maximum Gasteiger partial charge on any atom is 0.242 e. The van der Waals surface area contributed by atoms with Crippen molar-refractivity contribution in [1.29, 1.82) is 0 Å². The topological polar surface area (TPSA) is 46.2 Å². The Morgan fingerprint density at radius 1 is 1.41 bits per heavy atom. The van der Waals surface area contributed by atoms with Gasteiger partial charge in [-0.15, -0.1) is 0 Å². The molecule has 96 valence electrons. The predicted molar refractivity (Wildman–Crippen MR) is 73.8 cm³/mol. The summed E-state index contributed by atoms with van der Waals surface area (Å²) in [5.41, 5.74) is -0.491. The molecule has 0 heterocycles. The van der Waals surface area contributed by atoms with Crippen molar-refractivity contribution in [2.75, 3.05) is 0 Å². The molecule has 0 saturated carbocycles. The van der Waals surface area contributed by atoms with Crippen LogP contribution in [-0.4, -0.2) is 14.0 Å². The third-order valence-electron chi connectivity index (χ3n) is 2.48. The van der Waals surface area contributed by atoms with E-state index >= 15 is 0 Å². The highest BCUT2D eigenvalue weighted by molar-refractivity contribution is 9.10. The zero-order chi connectivity index (χ0) is 13.3. The van der Waals surface area contributed by atoms with Crippen LogP contribution in [0.3, 0.4) is 0 Å². The molecule has 1 aromatic rings. The number of benzene rings is 1. The molecular weight excluding hydrogens is 326 g/mol. The summed E-state index contributed by atoms with van der Waals surface area (Å²) in [4.78, 5) is 0.101. The quantitative estimate of drug-likeness (QED) is 0.911. The fourth-order valence-electron chi connectivity index (χ4n) is 1.18. The molecule has 0 spiro atoms. The summed E-state index contributed by atoms with van der Waals surface area (Å²) in [5.74, 6) is 0. The predicted octanol–water partition coefficient (Wildman–Crippen LogP) is 3.57. The van der Waals surface area contributed by atoms with Gasteiger partial charge < -0.3 is 0 Å². The molecule has 0 atom stereocenters. The highest BCUT2D eigenvalue weighted by Crippen LogP contribution is 2.26. The summed E-state index contributed by atoms with van der Waals surface area (Å²) in [6.07, 6.45) is 0.695. The molecule has 0 aliphatic rings. The minimum absolute atomic E-state index is 0.101. The van der Waals surface area contributed by atoms with Gasteiger partial charge in [-0.25, -0.2) is 13.1 Å². The summed E-state index contributed by atoms with van der Waals surface area (Å²) in [6, 6.07) is 4.70. The molecule has 0 aromatic heterocycles. The number of hydrogen-bond acceptors (Lipinski definition) is 2. The van der Waals surface area contributed by atoms with Gasteiger partial charge in [-0.3, -0.25) is 0 Å². The van der Waals surface area contributed by atoms with Crippen LogP contribution in [-0.2, 0) is 10.0 Å². The van der Waals surface area contributed by atoms with Crippen LogP contribution in [0.5, 0.6) is 0 Å².